The van der Waals surface area contributed by atoms with Crippen molar-refractivity contribution in [3.8, 4) is 0 Å². The fourth-order valence-corrected chi connectivity index (χ4v) is 4.01. The minimum atomic E-state index is 0.579. The van der Waals surface area contributed by atoms with Gasteiger partial charge in [0.15, 0.2) is 5.82 Å². The first kappa shape index (κ1) is 11.8. The molecule has 0 aliphatic carbocycles. The predicted octanol–water partition coefficient (Wildman–Crippen LogP) is 1.02. The Hall–Kier alpha value is -0.660. The summed E-state index contributed by atoms with van der Waals surface area (Å²) in [5, 5.41) is 3.95. The van der Waals surface area contributed by atoms with Crippen molar-refractivity contribution < 1.29 is 0 Å². The van der Waals surface area contributed by atoms with Gasteiger partial charge < -0.3 is 10.7 Å². The van der Waals surface area contributed by atoms with Gasteiger partial charge in [0.2, 0.25) is 0 Å². The third-order valence-electron chi connectivity index (χ3n) is 2.18. The van der Waals surface area contributed by atoms with Crippen molar-refractivity contribution in [3.63, 3.8) is 0 Å². The van der Waals surface area contributed by atoms with Crippen LogP contribution in [-0.2, 0) is 0 Å². The Morgan fingerprint density at radius 3 is 3.00 bits per heavy atom. The maximum atomic E-state index is 5.27. The highest BCUT2D eigenvalue weighted by Gasteiger charge is 2.13. The van der Waals surface area contributed by atoms with E-state index in [0.29, 0.717) is 11.1 Å². The van der Waals surface area contributed by atoms with E-state index >= 15 is 0 Å². The summed E-state index contributed by atoms with van der Waals surface area (Å²) in [7, 11) is 0. The number of thioether (sulfide) groups is 2. The average Bonchev–Trinajstić information content (AvgIpc) is 2.38. The van der Waals surface area contributed by atoms with Gasteiger partial charge in [-0.3, -0.25) is 4.98 Å². The number of nitrogen functional groups attached to an aromatic ring is 1. The molecule has 0 amide bonds. The molecule has 1 atom stereocenters. The SMILES string of the molecule is NNc1cncc(NCC2CSCCS2)n1. The van der Waals surface area contributed by atoms with Crippen LogP contribution in [0.4, 0.5) is 11.6 Å². The summed E-state index contributed by atoms with van der Waals surface area (Å²) in [5.41, 5.74) is 2.48. The van der Waals surface area contributed by atoms with Crippen molar-refractivity contribution in [1.82, 2.24) is 9.97 Å². The molecule has 7 heteroatoms. The van der Waals surface area contributed by atoms with E-state index in [2.05, 4.69) is 20.7 Å². The minimum absolute atomic E-state index is 0.579. The lowest BCUT2D eigenvalue weighted by molar-refractivity contribution is 0.986. The fraction of sp³-hybridized carbons (Fsp3) is 0.556. The number of hydrogen-bond donors (Lipinski definition) is 3. The molecule has 1 saturated heterocycles. The molecule has 0 radical (unpaired) electrons. The number of nitrogens with zero attached hydrogens (tertiary/aromatic N) is 2. The van der Waals surface area contributed by atoms with Crippen molar-refractivity contribution in [2.24, 2.45) is 5.84 Å². The van der Waals surface area contributed by atoms with Crippen molar-refractivity contribution in [2.45, 2.75) is 5.25 Å². The number of anilines is 2. The molecule has 0 spiro atoms. The van der Waals surface area contributed by atoms with E-state index in [1.54, 1.807) is 12.4 Å². The molecule has 4 N–H and O–H groups in total. The number of rotatable bonds is 4. The van der Waals surface area contributed by atoms with Crippen molar-refractivity contribution in [1.29, 1.82) is 0 Å². The zero-order valence-corrected chi connectivity index (χ0v) is 10.5. The topological polar surface area (TPSA) is 75.9 Å². The van der Waals surface area contributed by atoms with Crippen molar-refractivity contribution >= 4 is 35.2 Å². The standard InChI is InChI=1S/C9H15N5S2/c10-14-9-5-11-4-8(13-9)12-3-7-6-15-1-2-16-7/h4-5,7H,1-3,6,10H2,(H2,12,13,14). The summed E-state index contributed by atoms with van der Waals surface area (Å²) in [6.07, 6.45) is 3.30. The summed E-state index contributed by atoms with van der Waals surface area (Å²) in [6, 6.07) is 0. The van der Waals surface area contributed by atoms with Crippen molar-refractivity contribution in [2.75, 3.05) is 34.5 Å². The molecule has 2 heterocycles. The molecule has 0 bridgehead atoms. The molecule has 1 fully saturated rings. The number of hydrogen-bond acceptors (Lipinski definition) is 7. The van der Waals surface area contributed by atoms with Crippen LogP contribution in [0.25, 0.3) is 0 Å². The Kier molecular flexibility index (Phi) is 4.55. The first-order valence-electron chi connectivity index (χ1n) is 5.10. The highest BCUT2D eigenvalue weighted by molar-refractivity contribution is 8.06. The zero-order chi connectivity index (χ0) is 11.2. The third kappa shape index (κ3) is 3.43. The van der Waals surface area contributed by atoms with Crippen molar-refractivity contribution in [3.05, 3.63) is 12.4 Å². The minimum Gasteiger partial charge on any atom is -0.368 e. The lowest BCUT2D eigenvalue weighted by Gasteiger charge is -2.21. The van der Waals surface area contributed by atoms with Gasteiger partial charge in [-0.1, -0.05) is 0 Å². The van der Waals surface area contributed by atoms with Crippen LogP contribution in [0.15, 0.2) is 12.4 Å². The summed E-state index contributed by atoms with van der Waals surface area (Å²) < 4.78 is 0. The van der Waals surface area contributed by atoms with Crippen LogP contribution in [-0.4, -0.2) is 39.0 Å². The Labute approximate surface area is 103 Å². The number of nitrogens with two attached hydrogens (primary N) is 1. The molecule has 1 aliphatic rings. The van der Waals surface area contributed by atoms with Gasteiger partial charge in [0, 0.05) is 29.1 Å². The quantitative estimate of drug-likeness (QED) is 0.549. The molecular formula is C9H15N5S2. The Morgan fingerprint density at radius 1 is 1.38 bits per heavy atom. The van der Waals surface area contributed by atoms with Crippen LogP contribution >= 0.6 is 23.5 Å². The normalized spacial score (nSPS) is 20.4. The van der Waals surface area contributed by atoms with E-state index < -0.39 is 0 Å². The second-order valence-electron chi connectivity index (χ2n) is 3.38. The van der Waals surface area contributed by atoms with Gasteiger partial charge >= 0.3 is 0 Å². The number of hydrazine groups is 1. The molecule has 88 valence electrons. The number of aromatic nitrogens is 2. The summed E-state index contributed by atoms with van der Waals surface area (Å²) in [5.74, 6) is 10.3. The largest absolute Gasteiger partial charge is 0.368 e. The highest BCUT2D eigenvalue weighted by atomic mass is 32.2. The number of nitrogens with one attached hydrogen (secondary N) is 2. The molecule has 16 heavy (non-hydrogen) atoms. The van der Waals surface area contributed by atoms with E-state index in [0.717, 1.165) is 12.4 Å². The highest BCUT2D eigenvalue weighted by Crippen LogP contribution is 2.24. The summed E-state index contributed by atoms with van der Waals surface area (Å²) >= 11 is 4.04. The lowest BCUT2D eigenvalue weighted by Crippen LogP contribution is -2.23. The molecule has 1 aliphatic heterocycles. The molecular weight excluding hydrogens is 242 g/mol. The van der Waals surface area contributed by atoms with E-state index in [9.17, 15) is 0 Å². The maximum Gasteiger partial charge on any atom is 0.160 e. The van der Waals surface area contributed by atoms with Gasteiger partial charge in [0.1, 0.15) is 5.82 Å². The van der Waals surface area contributed by atoms with Gasteiger partial charge in [-0.15, -0.1) is 0 Å². The van der Waals surface area contributed by atoms with Crippen LogP contribution in [0, 0.1) is 0 Å². The van der Waals surface area contributed by atoms with E-state index in [-0.39, 0.29) is 0 Å². The summed E-state index contributed by atoms with van der Waals surface area (Å²) in [6.45, 7) is 0.931. The molecule has 1 aromatic heterocycles. The molecule has 2 rings (SSSR count). The van der Waals surface area contributed by atoms with Crippen LogP contribution < -0.4 is 16.6 Å². The smallest absolute Gasteiger partial charge is 0.160 e. The van der Waals surface area contributed by atoms with Gasteiger partial charge in [0.25, 0.3) is 0 Å². The van der Waals surface area contributed by atoms with Crippen LogP contribution in [0.5, 0.6) is 0 Å². The molecule has 5 nitrogen and oxygen atoms in total. The Morgan fingerprint density at radius 2 is 2.25 bits per heavy atom. The molecule has 0 saturated carbocycles. The van der Waals surface area contributed by atoms with Gasteiger partial charge in [0.05, 0.1) is 12.4 Å². The molecule has 1 unspecified atom stereocenters. The average molecular weight is 257 g/mol. The van der Waals surface area contributed by atoms with Crippen LogP contribution in [0.2, 0.25) is 0 Å². The van der Waals surface area contributed by atoms with Gasteiger partial charge in [-0.25, -0.2) is 10.8 Å². The fourth-order valence-electron chi connectivity index (χ4n) is 1.39. The monoisotopic (exact) mass is 257 g/mol. The first-order chi connectivity index (χ1) is 7.88. The van der Waals surface area contributed by atoms with Crippen LogP contribution in [0.1, 0.15) is 0 Å². The molecule has 1 aromatic rings. The Balaban J connectivity index is 1.83. The van der Waals surface area contributed by atoms with E-state index in [1.807, 2.05) is 23.5 Å². The second-order valence-corrected chi connectivity index (χ2v) is 5.94. The molecule has 0 aromatic carbocycles. The van der Waals surface area contributed by atoms with Gasteiger partial charge in [-0.2, -0.15) is 23.5 Å². The van der Waals surface area contributed by atoms with Gasteiger partial charge in [-0.05, 0) is 0 Å². The zero-order valence-electron chi connectivity index (χ0n) is 8.85. The predicted molar refractivity (Wildman–Crippen MR) is 71.9 cm³/mol. The second kappa shape index (κ2) is 6.17. The maximum absolute atomic E-state index is 5.27. The van der Waals surface area contributed by atoms with E-state index in [4.69, 9.17) is 5.84 Å². The lowest BCUT2D eigenvalue weighted by atomic mass is 10.4. The van der Waals surface area contributed by atoms with E-state index in [1.165, 1.54) is 17.3 Å². The van der Waals surface area contributed by atoms with Crippen LogP contribution in [0.3, 0.4) is 0 Å². The Bertz CT molecular complexity index is 329. The summed E-state index contributed by atoms with van der Waals surface area (Å²) in [4.78, 5) is 8.29. The third-order valence-corrected chi connectivity index (χ3v) is 5.02. The first-order valence-corrected chi connectivity index (χ1v) is 7.30.